The lowest BCUT2D eigenvalue weighted by molar-refractivity contribution is -0.162. The summed E-state index contributed by atoms with van der Waals surface area (Å²) in [6.07, 6.45) is 5.47. The molecule has 0 aliphatic carbocycles. The van der Waals surface area contributed by atoms with Crippen LogP contribution in [0.5, 0.6) is 0 Å². The Labute approximate surface area is 424 Å². The molecule has 0 bridgehead atoms. The van der Waals surface area contributed by atoms with Gasteiger partial charge in [-0.1, -0.05) is 64.9 Å². The van der Waals surface area contributed by atoms with Gasteiger partial charge in [-0.2, -0.15) is 0 Å². The fourth-order valence-electron chi connectivity index (χ4n) is 7.44. The highest BCUT2D eigenvalue weighted by Crippen LogP contribution is 2.34. The van der Waals surface area contributed by atoms with E-state index in [1.54, 1.807) is 92.5 Å². The van der Waals surface area contributed by atoms with Gasteiger partial charge in [0.25, 0.3) is 0 Å². The number of esters is 6. The quantitative estimate of drug-likeness (QED) is 0.0175. The number of aromatic nitrogens is 9. The van der Waals surface area contributed by atoms with E-state index >= 15 is 0 Å². The first-order valence-electron chi connectivity index (χ1n) is 23.8. The molecule has 3 heterocycles. The fraction of sp³-hybridized carbons (Fsp3) is 0.625. The highest BCUT2D eigenvalue weighted by Gasteiger charge is 2.36. The molecular weight excluding hydrogens is 951 g/mol. The molecule has 0 spiro atoms. The van der Waals surface area contributed by atoms with Crippen molar-refractivity contribution in [2.75, 3.05) is 34.0 Å². The Morgan fingerprint density at radius 3 is 1.53 bits per heavy atom. The maximum Gasteiger partial charge on any atom is 0.331 e. The lowest BCUT2D eigenvalue weighted by Crippen LogP contribution is -2.32. The van der Waals surface area contributed by atoms with Crippen LogP contribution < -0.4 is 0 Å². The Hall–Kier alpha value is -7.27. The van der Waals surface area contributed by atoms with Crippen molar-refractivity contribution in [3.05, 3.63) is 82.0 Å². The maximum absolute atomic E-state index is 13.6. The first-order chi connectivity index (χ1) is 34.3. The molecule has 5 atom stereocenters. The molecule has 1 aromatic carbocycles. The van der Waals surface area contributed by atoms with Gasteiger partial charge in [0, 0.05) is 31.0 Å². The predicted molar refractivity (Wildman–Crippen MR) is 258 cm³/mol. The molecular formula is C48H69N13O12. The lowest BCUT2D eigenvalue weighted by atomic mass is 9.83. The number of carbonyl (C=O) groups excluding carboxylic acids is 6. The fourth-order valence-corrected chi connectivity index (χ4v) is 7.44. The van der Waals surface area contributed by atoms with Crippen LogP contribution in [-0.2, 0) is 76.8 Å². The number of ether oxygens (including phenoxy) is 6. The molecule has 0 aliphatic heterocycles. The molecule has 0 saturated heterocycles. The van der Waals surface area contributed by atoms with Gasteiger partial charge in [-0.3, -0.25) is 24.1 Å². The second kappa shape index (κ2) is 26.4. The van der Waals surface area contributed by atoms with Gasteiger partial charge in [-0.15, -0.1) is 15.3 Å². The van der Waals surface area contributed by atoms with E-state index in [0.29, 0.717) is 17.1 Å². The van der Waals surface area contributed by atoms with Gasteiger partial charge in [0.1, 0.15) is 17.7 Å². The molecule has 0 aliphatic rings. The third kappa shape index (κ3) is 18.7. The summed E-state index contributed by atoms with van der Waals surface area (Å²) in [5.41, 5.74) is 7.89. The summed E-state index contributed by atoms with van der Waals surface area (Å²) >= 11 is 0. The third-order valence-corrected chi connectivity index (χ3v) is 11.0. The summed E-state index contributed by atoms with van der Waals surface area (Å²) in [6.45, 7) is 17.1. The first-order valence-corrected chi connectivity index (χ1v) is 23.8. The number of carbonyl (C=O) groups is 6. The number of rotatable bonds is 27. The van der Waals surface area contributed by atoms with Crippen LogP contribution in [0.1, 0.15) is 136 Å². The van der Waals surface area contributed by atoms with E-state index in [0.717, 1.165) is 5.56 Å². The van der Waals surface area contributed by atoms with Crippen LogP contribution in [0, 0.1) is 17.3 Å². The van der Waals surface area contributed by atoms with Gasteiger partial charge in [-0.25, -0.2) is 23.6 Å². The SMILES string of the molecule is COC(=O)C(C)CC(C(=O)OC(C)(C)C)n1cc(CN(Cc2cn(C(CC(C)C(=O)OC)C(=O)OC(C)(C)C)nn2)Cc2cn(C(CC(C)(C)C(=O)OCCCOC(=O)CN=[N+]=[N-])c3ccccc3)nn2)nn1. The number of hydrogen-bond acceptors (Lipinski definition) is 20. The smallest absolute Gasteiger partial charge is 0.331 e. The van der Waals surface area contributed by atoms with Crippen LogP contribution in [0.15, 0.2) is 54.0 Å². The average molecular weight is 1020 g/mol. The van der Waals surface area contributed by atoms with Gasteiger partial charge in [-0.05, 0) is 85.7 Å². The largest absolute Gasteiger partial charge is 0.469 e. The number of azide groups is 1. The van der Waals surface area contributed by atoms with E-state index in [-0.39, 0.29) is 58.5 Å². The minimum Gasteiger partial charge on any atom is -0.469 e. The molecule has 398 valence electrons. The molecule has 4 aromatic rings. The molecule has 0 fully saturated rings. The van der Waals surface area contributed by atoms with Crippen molar-refractivity contribution >= 4 is 35.8 Å². The van der Waals surface area contributed by atoms with E-state index in [1.807, 2.05) is 35.2 Å². The van der Waals surface area contributed by atoms with Crippen molar-refractivity contribution < 1.29 is 57.2 Å². The zero-order valence-electron chi connectivity index (χ0n) is 43.8. The van der Waals surface area contributed by atoms with Crippen LogP contribution in [-0.4, -0.2) is 131 Å². The van der Waals surface area contributed by atoms with Gasteiger partial charge in [0.05, 0.1) is 86.4 Å². The molecule has 25 heteroatoms. The van der Waals surface area contributed by atoms with Crippen LogP contribution in [0.2, 0.25) is 0 Å². The number of methoxy groups -OCH3 is 2. The number of hydrogen-bond donors (Lipinski definition) is 0. The Bertz CT molecular complexity index is 2430. The Morgan fingerprint density at radius 1 is 0.658 bits per heavy atom. The minimum atomic E-state index is -1.04. The molecule has 0 saturated carbocycles. The van der Waals surface area contributed by atoms with E-state index in [2.05, 4.69) is 41.0 Å². The molecule has 25 nitrogen and oxygen atoms in total. The van der Waals surface area contributed by atoms with Crippen LogP contribution in [0.3, 0.4) is 0 Å². The highest BCUT2D eigenvalue weighted by atomic mass is 16.6. The van der Waals surface area contributed by atoms with Crippen molar-refractivity contribution in [3.8, 4) is 0 Å². The molecule has 0 radical (unpaired) electrons. The van der Waals surface area contributed by atoms with Crippen molar-refractivity contribution in [2.24, 2.45) is 22.4 Å². The Balaban J connectivity index is 1.68. The van der Waals surface area contributed by atoms with Crippen molar-refractivity contribution in [2.45, 2.75) is 144 Å². The zero-order chi connectivity index (χ0) is 54.1. The van der Waals surface area contributed by atoms with Crippen molar-refractivity contribution in [1.29, 1.82) is 0 Å². The summed E-state index contributed by atoms with van der Waals surface area (Å²) < 4.78 is 36.3. The second-order valence-electron chi connectivity index (χ2n) is 20.2. The Kier molecular flexibility index (Phi) is 21.1. The van der Waals surface area contributed by atoms with Gasteiger partial charge >= 0.3 is 35.8 Å². The van der Waals surface area contributed by atoms with Gasteiger partial charge < -0.3 is 28.4 Å². The number of nitrogens with zero attached hydrogens (tertiary/aromatic N) is 13. The van der Waals surface area contributed by atoms with Crippen LogP contribution >= 0.6 is 0 Å². The van der Waals surface area contributed by atoms with Gasteiger partial charge in [0.2, 0.25) is 0 Å². The minimum absolute atomic E-state index is 0.0135. The van der Waals surface area contributed by atoms with Crippen LogP contribution in [0.25, 0.3) is 10.4 Å². The van der Waals surface area contributed by atoms with Crippen LogP contribution in [0.4, 0.5) is 0 Å². The molecule has 4 rings (SSSR count). The summed E-state index contributed by atoms with van der Waals surface area (Å²) in [4.78, 5) is 81.9. The number of benzene rings is 1. The highest BCUT2D eigenvalue weighted by molar-refractivity contribution is 5.78. The van der Waals surface area contributed by atoms with E-state index < -0.39 is 88.9 Å². The van der Waals surface area contributed by atoms with Crippen molar-refractivity contribution in [3.63, 3.8) is 0 Å². The van der Waals surface area contributed by atoms with E-state index in [9.17, 15) is 28.8 Å². The summed E-state index contributed by atoms with van der Waals surface area (Å²) in [7, 11) is 2.54. The topological polar surface area (TPSA) is 302 Å². The predicted octanol–water partition coefficient (Wildman–Crippen LogP) is 5.62. The molecule has 3 aromatic heterocycles. The van der Waals surface area contributed by atoms with E-state index in [4.69, 9.17) is 34.0 Å². The zero-order valence-corrected chi connectivity index (χ0v) is 43.8. The maximum atomic E-state index is 13.6. The normalized spacial score (nSPS) is 13.9. The summed E-state index contributed by atoms with van der Waals surface area (Å²) in [5, 5.41) is 29.7. The first kappa shape index (κ1) is 58.3. The Morgan fingerprint density at radius 2 is 1.10 bits per heavy atom. The summed E-state index contributed by atoms with van der Waals surface area (Å²) in [5.74, 6) is -4.79. The lowest BCUT2D eigenvalue weighted by Gasteiger charge is -2.28. The van der Waals surface area contributed by atoms with Gasteiger partial charge in [0.15, 0.2) is 12.1 Å². The second-order valence-corrected chi connectivity index (χ2v) is 20.2. The average Bonchev–Trinajstić information content (AvgIpc) is 4.11. The molecule has 0 N–H and O–H groups in total. The standard InChI is InChI=1S/C48H69N13O12/c1-31(41(63)68-11)21-37(43(65)72-46(3,4)5)59-28-34(51-55-59)25-58(26-35-29-60(56-52-35)38(22-32(2)42(64)69-12)44(66)73-47(6,7)8)27-36-30-61(57-53-36)39(33-17-14-13-15-18-33)23-48(9,10)45(67)71-20-16-19-70-40(62)24-50-54-49/h13-15,17-18,28-32,37-39H,16,19-27H2,1-12H3. The summed E-state index contributed by atoms with van der Waals surface area (Å²) in [6, 6.07) is 6.92. The molecule has 0 amide bonds. The molecule has 5 unspecified atom stereocenters. The monoisotopic (exact) mass is 1020 g/mol. The van der Waals surface area contributed by atoms with E-state index in [1.165, 1.54) is 23.6 Å². The van der Waals surface area contributed by atoms with Crippen molar-refractivity contribution in [1.82, 2.24) is 49.9 Å². The molecule has 73 heavy (non-hydrogen) atoms. The third-order valence-electron chi connectivity index (χ3n) is 11.0.